The summed E-state index contributed by atoms with van der Waals surface area (Å²) in [6, 6.07) is 0. The zero-order valence-electron chi connectivity index (χ0n) is 9.31. The minimum absolute atomic E-state index is 0.171. The first-order chi connectivity index (χ1) is 6.68. The molecule has 0 aliphatic rings. The highest BCUT2D eigenvalue weighted by atomic mass is 16.1. The summed E-state index contributed by atoms with van der Waals surface area (Å²) in [5.41, 5.74) is 0.661. The Kier molecular flexibility index (Phi) is 8.14. The van der Waals surface area contributed by atoms with Crippen LogP contribution in [0, 0.1) is 0 Å². The third-order valence-electron chi connectivity index (χ3n) is 1.98. The summed E-state index contributed by atoms with van der Waals surface area (Å²) in [6.07, 6.45) is 7.90. The first kappa shape index (κ1) is 13.1. The molecule has 1 N–H and O–H groups in total. The lowest BCUT2D eigenvalue weighted by Crippen LogP contribution is -2.06. The lowest BCUT2D eigenvalue weighted by atomic mass is 10.1. The number of carbonyl (C=O) groups excluding carboxylic acids is 1. The number of hydrogen-bond acceptors (Lipinski definition) is 2. The SMILES string of the molecule is C=C(C)C(=O)CC/C=C/CCCNC. The van der Waals surface area contributed by atoms with Gasteiger partial charge in [0.2, 0.25) is 0 Å². The maximum Gasteiger partial charge on any atom is 0.158 e. The van der Waals surface area contributed by atoms with Gasteiger partial charge >= 0.3 is 0 Å². The van der Waals surface area contributed by atoms with Crippen LogP contribution in [-0.2, 0) is 4.79 Å². The van der Waals surface area contributed by atoms with Crippen LogP contribution in [0.25, 0.3) is 0 Å². The van der Waals surface area contributed by atoms with Gasteiger partial charge in [-0.3, -0.25) is 4.79 Å². The molecule has 0 aliphatic carbocycles. The molecule has 80 valence electrons. The summed E-state index contributed by atoms with van der Waals surface area (Å²) in [6.45, 7) is 6.43. The summed E-state index contributed by atoms with van der Waals surface area (Å²) in [4.78, 5) is 11.1. The van der Waals surface area contributed by atoms with Gasteiger partial charge in [0, 0.05) is 6.42 Å². The van der Waals surface area contributed by atoms with E-state index in [1.807, 2.05) is 7.05 Å². The normalized spacial score (nSPS) is 10.7. The molecule has 2 nitrogen and oxygen atoms in total. The van der Waals surface area contributed by atoms with E-state index in [0.29, 0.717) is 12.0 Å². The molecule has 0 heterocycles. The molecule has 0 aromatic heterocycles. The molecule has 0 aliphatic heterocycles. The van der Waals surface area contributed by atoms with Crippen molar-refractivity contribution in [3.8, 4) is 0 Å². The number of carbonyl (C=O) groups is 1. The lowest BCUT2D eigenvalue weighted by molar-refractivity contribution is -0.115. The zero-order valence-corrected chi connectivity index (χ0v) is 9.31. The predicted octanol–water partition coefficient (Wildman–Crippen LogP) is 2.47. The van der Waals surface area contributed by atoms with E-state index in [-0.39, 0.29) is 5.78 Å². The van der Waals surface area contributed by atoms with Gasteiger partial charge in [-0.1, -0.05) is 18.7 Å². The Hall–Kier alpha value is -0.890. The molecule has 0 rings (SSSR count). The van der Waals surface area contributed by atoms with E-state index in [0.717, 1.165) is 25.8 Å². The first-order valence-corrected chi connectivity index (χ1v) is 5.16. The fourth-order valence-corrected chi connectivity index (χ4v) is 1.06. The average Bonchev–Trinajstić information content (AvgIpc) is 2.16. The Morgan fingerprint density at radius 2 is 2.00 bits per heavy atom. The lowest BCUT2D eigenvalue weighted by Gasteiger charge is -1.96. The van der Waals surface area contributed by atoms with Crippen LogP contribution in [-0.4, -0.2) is 19.4 Å². The van der Waals surface area contributed by atoms with Crippen molar-refractivity contribution in [2.24, 2.45) is 0 Å². The Labute approximate surface area is 87.1 Å². The van der Waals surface area contributed by atoms with Crippen molar-refractivity contribution >= 4 is 5.78 Å². The smallest absolute Gasteiger partial charge is 0.158 e. The van der Waals surface area contributed by atoms with Gasteiger partial charge in [-0.2, -0.15) is 0 Å². The molecule has 0 radical (unpaired) electrons. The van der Waals surface area contributed by atoms with Gasteiger partial charge in [0.1, 0.15) is 0 Å². The third-order valence-corrected chi connectivity index (χ3v) is 1.98. The van der Waals surface area contributed by atoms with E-state index in [1.54, 1.807) is 6.92 Å². The average molecular weight is 195 g/mol. The molecule has 0 saturated heterocycles. The molecule has 2 heteroatoms. The van der Waals surface area contributed by atoms with E-state index >= 15 is 0 Å². The topological polar surface area (TPSA) is 29.1 Å². The van der Waals surface area contributed by atoms with Gasteiger partial charge in [-0.05, 0) is 45.4 Å². The second-order valence-corrected chi connectivity index (χ2v) is 3.46. The quantitative estimate of drug-likeness (QED) is 0.366. The molecular weight excluding hydrogens is 174 g/mol. The number of ketones is 1. The van der Waals surface area contributed by atoms with E-state index < -0.39 is 0 Å². The molecule has 0 bridgehead atoms. The van der Waals surface area contributed by atoms with Gasteiger partial charge in [-0.25, -0.2) is 0 Å². The van der Waals surface area contributed by atoms with Crippen molar-refractivity contribution in [2.45, 2.75) is 32.6 Å². The molecule has 0 fully saturated rings. The van der Waals surface area contributed by atoms with Crippen LogP contribution in [0.4, 0.5) is 0 Å². The molecule has 0 aromatic carbocycles. The largest absolute Gasteiger partial charge is 0.320 e. The highest BCUT2D eigenvalue weighted by Gasteiger charge is 1.98. The summed E-state index contributed by atoms with van der Waals surface area (Å²) in [7, 11) is 1.95. The molecule has 14 heavy (non-hydrogen) atoms. The van der Waals surface area contributed by atoms with Crippen LogP contribution >= 0.6 is 0 Å². The third kappa shape index (κ3) is 7.74. The van der Waals surface area contributed by atoms with E-state index in [1.165, 1.54) is 0 Å². The number of rotatable bonds is 8. The molecule has 0 aromatic rings. The summed E-state index contributed by atoms with van der Waals surface area (Å²) < 4.78 is 0. The van der Waals surface area contributed by atoms with Gasteiger partial charge in [0.15, 0.2) is 5.78 Å². The summed E-state index contributed by atoms with van der Waals surface area (Å²) in [5.74, 6) is 0.171. The van der Waals surface area contributed by atoms with Gasteiger partial charge < -0.3 is 5.32 Å². The zero-order chi connectivity index (χ0) is 10.8. The predicted molar refractivity (Wildman–Crippen MR) is 61.4 cm³/mol. The van der Waals surface area contributed by atoms with Gasteiger partial charge in [-0.15, -0.1) is 0 Å². The molecule has 0 amide bonds. The van der Waals surface area contributed by atoms with E-state index in [2.05, 4.69) is 24.0 Å². The minimum Gasteiger partial charge on any atom is -0.320 e. The van der Waals surface area contributed by atoms with Gasteiger partial charge in [0.05, 0.1) is 0 Å². The summed E-state index contributed by atoms with van der Waals surface area (Å²) >= 11 is 0. The minimum atomic E-state index is 0.171. The Morgan fingerprint density at radius 3 is 2.57 bits per heavy atom. The summed E-state index contributed by atoms with van der Waals surface area (Å²) in [5, 5.41) is 3.09. The van der Waals surface area contributed by atoms with Crippen molar-refractivity contribution in [2.75, 3.05) is 13.6 Å². The van der Waals surface area contributed by atoms with Gasteiger partial charge in [0.25, 0.3) is 0 Å². The van der Waals surface area contributed by atoms with Crippen LogP contribution < -0.4 is 5.32 Å². The number of nitrogens with one attached hydrogen (secondary N) is 1. The van der Waals surface area contributed by atoms with E-state index in [9.17, 15) is 4.79 Å². The van der Waals surface area contributed by atoms with Crippen molar-refractivity contribution in [1.29, 1.82) is 0 Å². The standard InChI is InChI=1S/C12H21NO/c1-11(2)12(14)9-7-5-4-6-8-10-13-3/h4-5,13H,1,6-10H2,2-3H3/b5-4+. The Morgan fingerprint density at radius 1 is 1.36 bits per heavy atom. The van der Waals surface area contributed by atoms with Crippen LogP contribution in [0.3, 0.4) is 0 Å². The Balaban J connectivity index is 3.35. The van der Waals surface area contributed by atoms with Crippen molar-refractivity contribution in [3.05, 3.63) is 24.3 Å². The van der Waals surface area contributed by atoms with Crippen LogP contribution in [0.5, 0.6) is 0 Å². The fourth-order valence-electron chi connectivity index (χ4n) is 1.06. The monoisotopic (exact) mass is 195 g/mol. The molecule has 0 unspecified atom stereocenters. The second kappa shape index (κ2) is 8.70. The first-order valence-electron chi connectivity index (χ1n) is 5.16. The molecular formula is C12H21NO. The van der Waals surface area contributed by atoms with Crippen LogP contribution in [0.15, 0.2) is 24.3 Å². The second-order valence-electron chi connectivity index (χ2n) is 3.46. The highest BCUT2D eigenvalue weighted by Crippen LogP contribution is 2.01. The number of hydrogen-bond donors (Lipinski definition) is 1. The number of Topliss-reactive ketones (excluding diaryl/α,β-unsaturated/α-hetero) is 1. The number of unbranched alkanes of at least 4 members (excludes halogenated alkanes) is 1. The van der Waals surface area contributed by atoms with Crippen molar-refractivity contribution in [1.82, 2.24) is 5.32 Å². The highest BCUT2D eigenvalue weighted by molar-refractivity contribution is 5.94. The van der Waals surface area contributed by atoms with Crippen LogP contribution in [0.1, 0.15) is 32.6 Å². The molecule has 0 atom stereocenters. The van der Waals surface area contributed by atoms with E-state index in [4.69, 9.17) is 0 Å². The fraction of sp³-hybridized carbons (Fsp3) is 0.583. The molecule has 0 saturated carbocycles. The Bertz CT molecular complexity index is 206. The molecule has 0 spiro atoms. The maximum absolute atomic E-state index is 11.1. The maximum atomic E-state index is 11.1. The van der Waals surface area contributed by atoms with Crippen LogP contribution in [0.2, 0.25) is 0 Å². The number of allylic oxidation sites excluding steroid dienone is 3. The van der Waals surface area contributed by atoms with Crippen molar-refractivity contribution in [3.63, 3.8) is 0 Å². The van der Waals surface area contributed by atoms with Crippen molar-refractivity contribution < 1.29 is 4.79 Å².